The summed E-state index contributed by atoms with van der Waals surface area (Å²) in [6, 6.07) is 0. The molecular weight excluding hydrogens is 312 g/mol. The molecule has 0 radical (unpaired) electrons. The van der Waals surface area contributed by atoms with Crippen molar-refractivity contribution in [2.24, 2.45) is 23.2 Å². The molecule has 0 saturated heterocycles. The first-order valence-electron chi connectivity index (χ1n) is 8.61. The van der Waals surface area contributed by atoms with Crippen LogP contribution in [0.2, 0.25) is 0 Å². The van der Waals surface area contributed by atoms with E-state index >= 15 is 0 Å². The van der Waals surface area contributed by atoms with E-state index in [0.717, 1.165) is 25.7 Å². The van der Waals surface area contributed by atoms with E-state index in [2.05, 4.69) is 6.92 Å². The van der Waals surface area contributed by atoms with E-state index in [4.69, 9.17) is 9.47 Å². The van der Waals surface area contributed by atoms with Gasteiger partial charge in [0.2, 0.25) is 0 Å². The fourth-order valence-electron chi connectivity index (χ4n) is 2.84. The molecule has 3 atom stereocenters. The average Bonchev–Trinajstić information content (AvgIpc) is 2.53. The molecule has 3 unspecified atom stereocenters. The Bertz CT molecular complexity index is 429. The Hall–Kier alpha value is -1.59. The quantitative estimate of drug-likeness (QED) is 0.579. The van der Waals surface area contributed by atoms with Crippen molar-refractivity contribution in [2.75, 3.05) is 13.7 Å². The molecule has 0 bridgehead atoms. The lowest BCUT2D eigenvalue weighted by molar-refractivity contribution is -0.173. The normalized spacial score (nSPS) is 15.2. The minimum Gasteiger partial charge on any atom is -0.481 e. The summed E-state index contributed by atoms with van der Waals surface area (Å²) in [4.78, 5) is 36.0. The van der Waals surface area contributed by atoms with E-state index < -0.39 is 35.2 Å². The van der Waals surface area contributed by atoms with Crippen LogP contribution in [0.25, 0.3) is 0 Å². The van der Waals surface area contributed by atoms with Gasteiger partial charge in [-0.1, -0.05) is 40.0 Å². The summed E-state index contributed by atoms with van der Waals surface area (Å²) in [6.07, 6.45) is 3.96. The molecule has 0 heterocycles. The molecule has 0 rings (SSSR count). The summed E-state index contributed by atoms with van der Waals surface area (Å²) in [6.45, 7) is 8.81. The fraction of sp³-hybridized carbons (Fsp3) is 0.833. The molecule has 0 aliphatic rings. The van der Waals surface area contributed by atoms with Gasteiger partial charge in [-0.15, -0.1) is 0 Å². The molecule has 0 aromatic rings. The molecule has 140 valence electrons. The van der Waals surface area contributed by atoms with Gasteiger partial charge in [0.25, 0.3) is 0 Å². The maximum absolute atomic E-state index is 12.6. The van der Waals surface area contributed by atoms with Gasteiger partial charge < -0.3 is 14.6 Å². The lowest BCUT2D eigenvalue weighted by atomic mass is 9.72. The van der Waals surface area contributed by atoms with Gasteiger partial charge in [0.05, 0.1) is 31.0 Å². The molecule has 6 heteroatoms. The first kappa shape index (κ1) is 22.4. The second-order valence-corrected chi connectivity index (χ2v) is 6.86. The second-order valence-electron chi connectivity index (χ2n) is 6.86. The first-order chi connectivity index (χ1) is 11.1. The van der Waals surface area contributed by atoms with Gasteiger partial charge in [-0.3, -0.25) is 14.4 Å². The van der Waals surface area contributed by atoms with Gasteiger partial charge >= 0.3 is 17.9 Å². The SMILES string of the molecule is CCCCC(CC)COC(=O)C(C(C)C(=O)O)C(C)(C)C(=O)OC. The monoisotopic (exact) mass is 344 g/mol. The Morgan fingerprint density at radius 3 is 2.17 bits per heavy atom. The lowest BCUT2D eigenvalue weighted by Gasteiger charge is -2.32. The molecule has 6 nitrogen and oxygen atoms in total. The van der Waals surface area contributed by atoms with Crippen LogP contribution in [0.5, 0.6) is 0 Å². The Balaban J connectivity index is 5.19. The van der Waals surface area contributed by atoms with Crippen LogP contribution in [0.3, 0.4) is 0 Å². The van der Waals surface area contributed by atoms with E-state index in [9.17, 15) is 19.5 Å². The van der Waals surface area contributed by atoms with Crippen LogP contribution in [0, 0.1) is 23.2 Å². The molecule has 0 saturated carbocycles. The number of carboxylic acids is 1. The smallest absolute Gasteiger partial charge is 0.312 e. The number of esters is 2. The largest absolute Gasteiger partial charge is 0.481 e. The predicted octanol–water partition coefficient (Wildman–Crippen LogP) is 3.28. The van der Waals surface area contributed by atoms with E-state index in [0.29, 0.717) is 0 Å². The van der Waals surface area contributed by atoms with Gasteiger partial charge in [0, 0.05) is 0 Å². The number of carbonyl (C=O) groups is 3. The summed E-state index contributed by atoms with van der Waals surface area (Å²) < 4.78 is 10.1. The van der Waals surface area contributed by atoms with Gasteiger partial charge in [-0.05, 0) is 26.2 Å². The Morgan fingerprint density at radius 2 is 1.75 bits per heavy atom. The van der Waals surface area contributed by atoms with Crippen molar-refractivity contribution in [2.45, 2.75) is 60.3 Å². The molecule has 0 fully saturated rings. The van der Waals surface area contributed by atoms with Crippen molar-refractivity contribution in [1.82, 2.24) is 0 Å². The highest BCUT2D eigenvalue weighted by molar-refractivity contribution is 5.88. The average molecular weight is 344 g/mol. The molecule has 0 spiro atoms. The zero-order valence-corrected chi connectivity index (χ0v) is 15.8. The maximum Gasteiger partial charge on any atom is 0.312 e. The number of aliphatic carboxylic acids is 1. The Kier molecular flexibility index (Phi) is 9.63. The van der Waals surface area contributed by atoms with E-state index in [1.165, 1.54) is 27.9 Å². The highest BCUT2D eigenvalue weighted by Gasteiger charge is 2.48. The second kappa shape index (κ2) is 10.3. The fourth-order valence-corrected chi connectivity index (χ4v) is 2.84. The summed E-state index contributed by atoms with van der Waals surface area (Å²) in [5.74, 6) is -4.35. The van der Waals surface area contributed by atoms with Crippen LogP contribution in [0.1, 0.15) is 60.3 Å². The zero-order valence-electron chi connectivity index (χ0n) is 15.8. The summed E-state index contributed by atoms with van der Waals surface area (Å²) in [5.41, 5.74) is -1.28. The Morgan fingerprint density at radius 1 is 1.17 bits per heavy atom. The molecule has 0 aromatic heterocycles. The third kappa shape index (κ3) is 6.13. The molecule has 0 aliphatic heterocycles. The van der Waals surface area contributed by atoms with E-state index in [-0.39, 0.29) is 12.5 Å². The number of carbonyl (C=O) groups excluding carboxylic acids is 2. The standard InChI is InChI=1S/C18H32O6/c1-7-9-10-13(8-2)11-24-16(21)14(12(3)15(19)20)18(4,5)17(22)23-6/h12-14H,7-11H2,1-6H3,(H,19,20). The van der Waals surface area contributed by atoms with Crippen molar-refractivity contribution >= 4 is 17.9 Å². The topological polar surface area (TPSA) is 89.9 Å². The molecule has 1 N–H and O–H groups in total. The number of unbranched alkanes of at least 4 members (excludes halogenated alkanes) is 1. The van der Waals surface area contributed by atoms with Crippen LogP contribution in [-0.2, 0) is 23.9 Å². The van der Waals surface area contributed by atoms with Gasteiger partial charge in [-0.2, -0.15) is 0 Å². The van der Waals surface area contributed by atoms with Crippen molar-refractivity contribution in [3.63, 3.8) is 0 Å². The van der Waals surface area contributed by atoms with Crippen LogP contribution in [0.4, 0.5) is 0 Å². The number of ether oxygens (including phenoxy) is 2. The molecule has 24 heavy (non-hydrogen) atoms. The molecular formula is C18H32O6. The minimum atomic E-state index is -1.28. The summed E-state index contributed by atoms with van der Waals surface area (Å²) in [7, 11) is 1.22. The molecule has 0 aliphatic carbocycles. The van der Waals surface area contributed by atoms with E-state index in [1.54, 1.807) is 0 Å². The predicted molar refractivity (Wildman–Crippen MR) is 90.4 cm³/mol. The highest BCUT2D eigenvalue weighted by Crippen LogP contribution is 2.35. The molecule has 0 aromatic carbocycles. The van der Waals surface area contributed by atoms with Crippen molar-refractivity contribution in [3.05, 3.63) is 0 Å². The van der Waals surface area contributed by atoms with Crippen LogP contribution in [-0.4, -0.2) is 36.7 Å². The number of hydrogen-bond donors (Lipinski definition) is 1. The number of carboxylic acid groups (broad SMARTS) is 1. The van der Waals surface area contributed by atoms with Crippen LogP contribution < -0.4 is 0 Å². The van der Waals surface area contributed by atoms with E-state index in [1.807, 2.05) is 6.92 Å². The summed E-state index contributed by atoms with van der Waals surface area (Å²) in [5, 5.41) is 9.30. The minimum absolute atomic E-state index is 0.245. The third-order valence-corrected chi connectivity index (χ3v) is 4.64. The first-order valence-corrected chi connectivity index (χ1v) is 8.61. The summed E-state index contributed by atoms with van der Waals surface area (Å²) >= 11 is 0. The lowest BCUT2D eigenvalue weighted by Crippen LogP contribution is -2.45. The highest BCUT2D eigenvalue weighted by atomic mass is 16.5. The van der Waals surface area contributed by atoms with Crippen molar-refractivity contribution in [3.8, 4) is 0 Å². The number of hydrogen-bond acceptors (Lipinski definition) is 5. The number of rotatable bonds is 11. The molecule has 0 amide bonds. The zero-order chi connectivity index (χ0) is 18.9. The van der Waals surface area contributed by atoms with Crippen molar-refractivity contribution in [1.29, 1.82) is 0 Å². The van der Waals surface area contributed by atoms with Gasteiger partial charge in [-0.25, -0.2) is 0 Å². The Labute approximate surface area is 144 Å². The van der Waals surface area contributed by atoms with Gasteiger partial charge in [0.1, 0.15) is 0 Å². The van der Waals surface area contributed by atoms with Crippen molar-refractivity contribution < 1.29 is 29.0 Å². The van der Waals surface area contributed by atoms with Gasteiger partial charge in [0.15, 0.2) is 0 Å². The van der Waals surface area contributed by atoms with Crippen LogP contribution in [0.15, 0.2) is 0 Å². The van der Waals surface area contributed by atoms with Crippen LogP contribution >= 0.6 is 0 Å². The third-order valence-electron chi connectivity index (χ3n) is 4.64. The number of methoxy groups -OCH3 is 1. The maximum atomic E-state index is 12.6.